The largest absolute Gasteiger partial charge is 0.334 e. The Labute approximate surface area is 166 Å². The van der Waals surface area contributed by atoms with Gasteiger partial charge in [-0.05, 0) is 12.1 Å². The number of hydrogen-bond acceptors (Lipinski definition) is 7. The van der Waals surface area contributed by atoms with Crippen LogP contribution in [0.15, 0.2) is 45.0 Å². The standard InChI is InChI=1S/C14H16ClN5O6S2/c1-19(2)28(25,26)10-7-5-4-6-9(10)27(23,24)18-14(22)17-12-13(21)20(3)8-11(15)16-12/h4-8H,1-3H3,(H2,16,17,18,22). The van der Waals surface area contributed by atoms with Gasteiger partial charge in [0.1, 0.15) is 14.9 Å². The van der Waals surface area contributed by atoms with Gasteiger partial charge < -0.3 is 4.57 Å². The maximum Gasteiger partial charge on any atom is 0.334 e. The summed E-state index contributed by atoms with van der Waals surface area (Å²) in [6.45, 7) is 0. The summed E-state index contributed by atoms with van der Waals surface area (Å²) in [6, 6.07) is 3.45. The van der Waals surface area contributed by atoms with E-state index in [1.165, 1.54) is 39.5 Å². The summed E-state index contributed by atoms with van der Waals surface area (Å²) in [5.41, 5.74) is -0.729. The van der Waals surface area contributed by atoms with Crippen LogP contribution in [0.4, 0.5) is 10.6 Å². The van der Waals surface area contributed by atoms with E-state index in [1.807, 2.05) is 5.32 Å². The van der Waals surface area contributed by atoms with E-state index in [0.717, 1.165) is 21.0 Å². The predicted octanol–water partition coefficient (Wildman–Crippen LogP) is 0.194. The molecule has 2 aromatic rings. The Kier molecular flexibility index (Phi) is 6.13. The van der Waals surface area contributed by atoms with Crippen LogP contribution >= 0.6 is 11.6 Å². The lowest BCUT2D eigenvalue weighted by molar-refractivity contribution is 0.256. The quantitative estimate of drug-likeness (QED) is 0.662. The molecule has 28 heavy (non-hydrogen) atoms. The van der Waals surface area contributed by atoms with Crippen LogP contribution in [0.1, 0.15) is 0 Å². The van der Waals surface area contributed by atoms with Gasteiger partial charge in [0.15, 0.2) is 0 Å². The van der Waals surface area contributed by atoms with E-state index in [1.54, 1.807) is 4.72 Å². The number of sulfonamides is 2. The molecule has 1 heterocycles. The molecule has 0 bridgehead atoms. The molecular formula is C14H16ClN5O6S2. The lowest BCUT2D eigenvalue weighted by Gasteiger charge is -2.15. The van der Waals surface area contributed by atoms with E-state index in [9.17, 15) is 26.4 Å². The molecule has 1 aromatic heterocycles. The molecule has 0 radical (unpaired) electrons. The van der Waals surface area contributed by atoms with Gasteiger partial charge >= 0.3 is 6.03 Å². The Bertz CT molecular complexity index is 1190. The number of aryl methyl sites for hydroxylation is 1. The molecule has 0 aliphatic carbocycles. The number of benzene rings is 1. The number of nitrogens with zero attached hydrogens (tertiary/aromatic N) is 3. The second kappa shape index (κ2) is 7.87. The summed E-state index contributed by atoms with van der Waals surface area (Å²) in [5, 5.41) is 1.87. The third-order valence-electron chi connectivity index (χ3n) is 3.40. The lowest BCUT2D eigenvalue weighted by Crippen LogP contribution is -2.37. The summed E-state index contributed by atoms with van der Waals surface area (Å²) in [5.74, 6) is -0.503. The SMILES string of the molecule is CN(C)S(=O)(=O)c1ccccc1S(=O)(=O)NC(=O)Nc1nc(Cl)cn(C)c1=O. The molecule has 1 aromatic carbocycles. The first kappa shape index (κ1) is 21.8. The van der Waals surface area contributed by atoms with Crippen LogP contribution in [-0.2, 0) is 27.1 Å². The second-order valence-corrected chi connectivity index (χ2v) is 9.78. The molecule has 2 N–H and O–H groups in total. The minimum Gasteiger partial charge on any atom is -0.312 e. The molecule has 0 aliphatic heterocycles. The summed E-state index contributed by atoms with van der Waals surface area (Å²) in [6.07, 6.45) is 1.20. The lowest BCUT2D eigenvalue weighted by atomic mass is 10.4. The first-order chi connectivity index (χ1) is 12.9. The van der Waals surface area contributed by atoms with Crippen LogP contribution < -0.4 is 15.6 Å². The van der Waals surface area contributed by atoms with Crippen molar-refractivity contribution in [1.29, 1.82) is 0 Å². The van der Waals surface area contributed by atoms with E-state index in [2.05, 4.69) is 4.98 Å². The zero-order valence-corrected chi connectivity index (χ0v) is 17.3. The van der Waals surface area contributed by atoms with Gasteiger partial charge in [-0.15, -0.1) is 0 Å². The Morgan fingerprint density at radius 2 is 1.71 bits per heavy atom. The van der Waals surface area contributed by atoms with Crippen molar-refractivity contribution in [3.63, 3.8) is 0 Å². The Morgan fingerprint density at radius 1 is 1.14 bits per heavy atom. The van der Waals surface area contributed by atoms with Crippen molar-refractivity contribution in [3.05, 3.63) is 46.0 Å². The fourth-order valence-electron chi connectivity index (χ4n) is 2.04. The summed E-state index contributed by atoms with van der Waals surface area (Å²) < 4.78 is 53.4. The molecule has 0 atom stereocenters. The highest BCUT2D eigenvalue weighted by Gasteiger charge is 2.29. The summed E-state index contributed by atoms with van der Waals surface area (Å²) in [4.78, 5) is 26.5. The normalized spacial score (nSPS) is 12.0. The van der Waals surface area contributed by atoms with E-state index >= 15 is 0 Å². The van der Waals surface area contributed by atoms with Gasteiger partial charge in [-0.2, -0.15) is 0 Å². The average Bonchev–Trinajstić information content (AvgIpc) is 2.58. The first-order valence-electron chi connectivity index (χ1n) is 7.45. The number of rotatable bonds is 5. The van der Waals surface area contributed by atoms with Crippen molar-refractivity contribution in [2.75, 3.05) is 19.4 Å². The molecule has 0 unspecified atom stereocenters. The van der Waals surface area contributed by atoms with Crippen molar-refractivity contribution in [2.45, 2.75) is 9.79 Å². The molecule has 0 saturated heterocycles. The molecule has 2 rings (SSSR count). The number of nitrogens with one attached hydrogen (secondary N) is 2. The van der Waals surface area contributed by atoms with E-state index in [4.69, 9.17) is 11.6 Å². The number of carbonyl (C=O) groups is 1. The minimum absolute atomic E-state index is 0.109. The fourth-order valence-corrected chi connectivity index (χ4v) is 4.88. The van der Waals surface area contributed by atoms with E-state index < -0.39 is 47.2 Å². The Morgan fingerprint density at radius 3 is 2.29 bits per heavy atom. The van der Waals surface area contributed by atoms with E-state index in [0.29, 0.717) is 0 Å². The molecule has 0 saturated carbocycles. The summed E-state index contributed by atoms with van der Waals surface area (Å²) >= 11 is 5.70. The fraction of sp³-hybridized carbons (Fsp3) is 0.214. The van der Waals surface area contributed by atoms with Gasteiger partial charge in [-0.25, -0.2) is 35.6 Å². The van der Waals surface area contributed by atoms with Crippen molar-refractivity contribution in [3.8, 4) is 0 Å². The average molecular weight is 450 g/mol. The van der Waals surface area contributed by atoms with Gasteiger partial charge in [0, 0.05) is 27.3 Å². The molecule has 0 fully saturated rings. The first-order valence-corrected chi connectivity index (χ1v) is 10.7. The number of amides is 2. The smallest absolute Gasteiger partial charge is 0.312 e. The van der Waals surface area contributed by atoms with Gasteiger partial charge in [0.05, 0.1) is 0 Å². The molecule has 0 spiro atoms. The zero-order valence-electron chi connectivity index (χ0n) is 14.9. The van der Waals surface area contributed by atoms with Crippen LogP contribution in [0.5, 0.6) is 0 Å². The molecule has 11 nitrogen and oxygen atoms in total. The monoisotopic (exact) mass is 449 g/mol. The van der Waals surface area contributed by atoms with Crippen molar-refractivity contribution >= 4 is 43.5 Å². The predicted molar refractivity (Wildman–Crippen MR) is 101 cm³/mol. The van der Waals surface area contributed by atoms with Crippen LogP contribution in [0, 0.1) is 0 Å². The van der Waals surface area contributed by atoms with Crippen molar-refractivity contribution < 1.29 is 21.6 Å². The topological polar surface area (TPSA) is 148 Å². The molecule has 0 aliphatic rings. The maximum atomic E-state index is 12.6. The number of aromatic nitrogens is 2. The molecular weight excluding hydrogens is 434 g/mol. The Balaban J connectivity index is 2.38. The van der Waals surface area contributed by atoms with Crippen LogP contribution in [0.3, 0.4) is 0 Å². The second-order valence-electron chi connectivity index (χ2n) is 5.62. The third kappa shape index (κ3) is 4.49. The van der Waals surface area contributed by atoms with Gasteiger partial charge in [-0.1, -0.05) is 23.7 Å². The highest BCUT2D eigenvalue weighted by atomic mass is 35.5. The number of anilines is 1. The number of hydrogen-bond donors (Lipinski definition) is 2. The number of carbonyl (C=O) groups excluding carboxylic acids is 1. The van der Waals surface area contributed by atoms with Crippen molar-refractivity contribution in [1.82, 2.24) is 18.6 Å². The van der Waals surface area contributed by atoms with E-state index in [-0.39, 0.29) is 5.15 Å². The Hall–Kier alpha value is -2.48. The van der Waals surface area contributed by atoms with Crippen LogP contribution in [-0.4, -0.2) is 50.8 Å². The minimum atomic E-state index is -4.60. The van der Waals surface area contributed by atoms with Gasteiger partial charge in [0.25, 0.3) is 15.6 Å². The number of halogens is 1. The van der Waals surface area contributed by atoms with Crippen LogP contribution in [0.25, 0.3) is 0 Å². The number of urea groups is 1. The van der Waals surface area contributed by atoms with Gasteiger partial charge in [0.2, 0.25) is 15.8 Å². The highest BCUT2D eigenvalue weighted by Crippen LogP contribution is 2.22. The summed E-state index contributed by atoms with van der Waals surface area (Å²) in [7, 11) is -4.87. The van der Waals surface area contributed by atoms with Crippen LogP contribution in [0.2, 0.25) is 5.15 Å². The molecule has 2 amide bonds. The third-order valence-corrected chi connectivity index (χ3v) is 6.97. The van der Waals surface area contributed by atoms with Gasteiger partial charge in [-0.3, -0.25) is 10.1 Å². The molecule has 14 heteroatoms. The molecule has 152 valence electrons. The zero-order chi connectivity index (χ0) is 21.3. The maximum absolute atomic E-state index is 12.6. The highest BCUT2D eigenvalue weighted by molar-refractivity contribution is 7.92. The van der Waals surface area contributed by atoms with Crippen molar-refractivity contribution in [2.24, 2.45) is 7.05 Å².